The molecule has 0 aliphatic rings. The summed E-state index contributed by atoms with van der Waals surface area (Å²) in [5, 5.41) is 6.80. The number of hydrogen-bond acceptors (Lipinski definition) is 2. The molecule has 140 valence electrons. The van der Waals surface area contributed by atoms with E-state index in [1.165, 1.54) is 0 Å². The van der Waals surface area contributed by atoms with Crippen LogP contribution in [-0.2, 0) is 17.5 Å². The van der Waals surface area contributed by atoms with Crippen LogP contribution in [0.5, 0.6) is 0 Å². The van der Waals surface area contributed by atoms with Crippen LogP contribution < -0.4 is 5.32 Å². The van der Waals surface area contributed by atoms with Gasteiger partial charge in [0.05, 0.1) is 6.04 Å². The lowest BCUT2D eigenvalue weighted by molar-refractivity contribution is -0.141. The van der Waals surface area contributed by atoms with Crippen molar-refractivity contribution >= 4 is 17.5 Å². The third-order valence-corrected chi connectivity index (χ3v) is 4.13. The van der Waals surface area contributed by atoms with E-state index < -0.39 is 23.8 Å². The fourth-order valence-electron chi connectivity index (χ4n) is 2.61. The van der Waals surface area contributed by atoms with E-state index in [9.17, 15) is 18.0 Å². The van der Waals surface area contributed by atoms with Gasteiger partial charge in [0.25, 0.3) is 0 Å². The molecule has 1 aromatic heterocycles. The SMILES string of the molecule is O=C(Cn1ccc(C(F)(F)F)n1)NC(c1ccccc1)c1ccc(Cl)cc1. The number of hydrogen-bond donors (Lipinski definition) is 1. The molecule has 3 rings (SSSR count). The quantitative estimate of drug-likeness (QED) is 0.695. The van der Waals surface area contributed by atoms with Crippen LogP contribution in [0.4, 0.5) is 13.2 Å². The first-order valence-corrected chi connectivity index (χ1v) is 8.41. The molecule has 0 radical (unpaired) electrons. The fraction of sp³-hybridized carbons (Fsp3) is 0.158. The molecular formula is C19H15ClF3N3O. The first-order valence-electron chi connectivity index (χ1n) is 8.03. The van der Waals surface area contributed by atoms with Crippen LogP contribution in [0.1, 0.15) is 22.9 Å². The van der Waals surface area contributed by atoms with E-state index in [0.29, 0.717) is 5.02 Å². The summed E-state index contributed by atoms with van der Waals surface area (Å²) in [6.45, 7) is -0.326. The Morgan fingerprint density at radius 2 is 1.67 bits per heavy atom. The topological polar surface area (TPSA) is 46.9 Å². The van der Waals surface area contributed by atoms with E-state index in [0.717, 1.165) is 28.1 Å². The summed E-state index contributed by atoms with van der Waals surface area (Å²) in [7, 11) is 0. The second-order valence-corrected chi connectivity index (χ2v) is 6.30. The van der Waals surface area contributed by atoms with Crippen molar-refractivity contribution in [2.24, 2.45) is 0 Å². The van der Waals surface area contributed by atoms with Crippen molar-refractivity contribution in [1.82, 2.24) is 15.1 Å². The Morgan fingerprint density at radius 1 is 1.04 bits per heavy atom. The normalized spacial score (nSPS) is 12.6. The first kappa shape index (κ1) is 19.0. The maximum atomic E-state index is 12.6. The minimum atomic E-state index is -4.54. The summed E-state index contributed by atoms with van der Waals surface area (Å²) in [4.78, 5) is 12.4. The minimum Gasteiger partial charge on any atom is -0.344 e. The molecule has 1 amide bonds. The van der Waals surface area contributed by atoms with E-state index in [-0.39, 0.29) is 6.54 Å². The van der Waals surface area contributed by atoms with Gasteiger partial charge in [0.1, 0.15) is 6.54 Å². The van der Waals surface area contributed by atoms with Crippen LogP contribution >= 0.6 is 11.6 Å². The smallest absolute Gasteiger partial charge is 0.344 e. The van der Waals surface area contributed by atoms with Gasteiger partial charge in [0, 0.05) is 11.2 Å². The van der Waals surface area contributed by atoms with Gasteiger partial charge in [-0.25, -0.2) is 0 Å². The Labute approximate surface area is 158 Å². The molecule has 0 bridgehead atoms. The first-order chi connectivity index (χ1) is 12.8. The van der Waals surface area contributed by atoms with Gasteiger partial charge in [0.15, 0.2) is 5.69 Å². The number of nitrogens with one attached hydrogen (secondary N) is 1. The number of nitrogens with zero attached hydrogens (tertiary/aromatic N) is 2. The average molecular weight is 394 g/mol. The molecule has 0 fully saturated rings. The average Bonchev–Trinajstić information content (AvgIpc) is 3.10. The molecule has 4 nitrogen and oxygen atoms in total. The highest BCUT2D eigenvalue weighted by Crippen LogP contribution is 2.27. The number of carbonyl (C=O) groups is 1. The van der Waals surface area contributed by atoms with E-state index in [1.54, 1.807) is 24.3 Å². The number of benzene rings is 2. The van der Waals surface area contributed by atoms with Gasteiger partial charge in [0.2, 0.25) is 5.91 Å². The second kappa shape index (κ2) is 7.84. The maximum absolute atomic E-state index is 12.6. The van der Waals surface area contributed by atoms with E-state index >= 15 is 0 Å². The molecular weight excluding hydrogens is 379 g/mol. The molecule has 2 aromatic carbocycles. The zero-order chi connectivity index (χ0) is 19.4. The van der Waals surface area contributed by atoms with Crippen LogP contribution in [0.2, 0.25) is 5.02 Å². The minimum absolute atomic E-state index is 0.326. The van der Waals surface area contributed by atoms with Crippen molar-refractivity contribution in [3.8, 4) is 0 Å². The predicted octanol–water partition coefficient (Wildman–Crippen LogP) is 4.46. The Balaban J connectivity index is 1.78. The van der Waals surface area contributed by atoms with Crippen molar-refractivity contribution in [2.45, 2.75) is 18.8 Å². The number of amides is 1. The largest absolute Gasteiger partial charge is 0.435 e. The van der Waals surface area contributed by atoms with Gasteiger partial charge in [-0.05, 0) is 29.3 Å². The number of alkyl halides is 3. The van der Waals surface area contributed by atoms with Crippen LogP contribution in [-0.4, -0.2) is 15.7 Å². The molecule has 1 heterocycles. The van der Waals surface area contributed by atoms with Gasteiger partial charge < -0.3 is 5.32 Å². The highest BCUT2D eigenvalue weighted by molar-refractivity contribution is 6.30. The van der Waals surface area contributed by atoms with Crippen molar-refractivity contribution in [1.29, 1.82) is 0 Å². The van der Waals surface area contributed by atoms with Gasteiger partial charge >= 0.3 is 6.18 Å². The molecule has 8 heteroatoms. The van der Waals surface area contributed by atoms with Crippen molar-refractivity contribution in [3.63, 3.8) is 0 Å². The summed E-state index contributed by atoms with van der Waals surface area (Å²) >= 11 is 5.92. The Hall–Kier alpha value is -2.80. The van der Waals surface area contributed by atoms with Crippen LogP contribution in [0.15, 0.2) is 66.9 Å². The molecule has 1 atom stereocenters. The van der Waals surface area contributed by atoms with Crippen molar-refractivity contribution in [2.75, 3.05) is 0 Å². The zero-order valence-electron chi connectivity index (χ0n) is 13.9. The molecule has 0 saturated carbocycles. The molecule has 0 aliphatic heterocycles. The number of aromatic nitrogens is 2. The van der Waals surface area contributed by atoms with Gasteiger partial charge in [-0.1, -0.05) is 54.1 Å². The van der Waals surface area contributed by atoms with Crippen LogP contribution in [0.25, 0.3) is 0 Å². The van der Waals surface area contributed by atoms with Crippen LogP contribution in [0.3, 0.4) is 0 Å². The molecule has 1 unspecified atom stereocenters. The standard InChI is InChI=1S/C19H15ClF3N3O/c20-15-8-6-14(7-9-15)18(13-4-2-1-3-5-13)24-17(27)12-26-11-10-16(25-26)19(21,22)23/h1-11,18H,12H2,(H,24,27). The highest BCUT2D eigenvalue weighted by Gasteiger charge is 2.33. The second-order valence-electron chi connectivity index (χ2n) is 5.86. The van der Waals surface area contributed by atoms with Gasteiger partial charge in [-0.2, -0.15) is 18.3 Å². The van der Waals surface area contributed by atoms with Crippen molar-refractivity contribution in [3.05, 3.63) is 88.7 Å². The molecule has 27 heavy (non-hydrogen) atoms. The van der Waals surface area contributed by atoms with Gasteiger partial charge in [-0.15, -0.1) is 0 Å². The Morgan fingerprint density at radius 3 is 2.26 bits per heavy atom. The molecule has 3 aromatic rings. The van der Waals surface area contributed by atoms with E-state index in [2.05, 4.69) is 10.4 Å². The maximum Gasteiger partial charge on any atom is 0.435 e. The van der Waals surface area contributed by atoms with E-state index in [1.807, 2.05) is 30.3 Å². The third-order valence-electron chi connectivity index (χ3n) is 3.88. The lowest BCUT2D eigenvalue weighted by Crippen LogP contribution is -2.32. The summed E-state index contributed by atoms with van der Waals surface area (Å²) in [5.41, 5.74) is 0.604. The highest BCUT2D eigenvalue weighted by atomic mass is 35.5. The van der Waals surface area contributed by atoms with Crippen molar-refractivity contribution < 1.29 is 18.0 Å². The number of carbonyl (C=O) groups excluding carboxylic acids is 1. The molecule has 1 N–H and O–H groups in total. The Kier molecular flexibility index (Phi) is 5.51. The van der Waals surface area contributed by atoms with E-state index in [4.69, 9.17) is 11.6 Å². The predicted molar refractivity (Wildman–Crippen MR) is 95.1 cm³/mol. The molecule has 0 aliphatic carbocycles. The monoisotopic (exact) mass is 393 g/mol. The Bertz CT molecular complexity index is 908. The fourth-order valence-corrected chi connectivity index (χ4v) is 2.74. The zero-order valence-corrected chi connectivity index (χ0v) is 14.7. The summed E-state index contributed by atoms with van der Waals surface area (Å²) in [5.74, 6) is -0.462. The van der Waals surface area contributed by atoms with Gasteiger partial charge in [-0.3, -0.25) is 9.48 Å². The molecule has 0 saturated heterocycles. The lowest BCUT2D eigenvalue weighted by Gasteiger charge is -2.20. The summed E-state index contributed by atoms with van der Waals surface area (Å²) in [6, 6.07) is 16.6. The summed E-state index contributed by atoms with van der Waals surface area (Å²) < 4.78 is 38.9. The van der Waals surface area contributed by atoms with Crippen LogP contribution in [0, 0.1) is 0 Å². The molecule has 0 spiro atoms. The third kappa shape index (κ3) is 4.89. The number of rotatable bonds is 5. The lowest BCUT2D eigenvalue weighted by atomic mass is 9.99. The number of halogens is 4. The summed E-state index contributed by atoms with van der Waals surface area (Å²) in [6.07, 6.45) is -3.42.